The highest BCUT2D eigenvalue weighted by molar-refractivity contribution is 7.89. The van der Waals surface area contributed by atoms with E-state index >= 15 is 0 Å². The van der Waals surface area contributed by atoms with E-state index in [9.17, 15) is 17.6 Å². The van der Waals surface area contributed by atoms with E-state index in [-0.39, 0.29) is 29.6 Å². The first kappa shape index (κ1) is 19.5. The minimum Gasteiger partial charge on any atom is -0.497 e. The molecule has 2 aliphatic heterocycles. The molecule has 0 atom stereocenters. The van der Waals surface area contributed by atoms with Crippen molar-refractivity contribution in [2.75, 3.05) is 20.2 Å². The number of aliphatic imine (C=N–C) groups is 1. The molecule has 0 saturated carbocycles. The Morgan fingerprint density at radius 2 is 1.83 bits per heavy atom. The number of ether oxygens (including phenoxy) is 1. The zero-order valence-corrected chi connectivity index (χ0v) is 16.6. The van der Waals surface area contributed by atoms with Crippen molar-refractivity contribution < 1.29 is 22.3 Å². The van der Waals surface area contributed by atoms with E-state index in [1.54, 1.807) is 18.2 Å². The molecule has 2 aliphatic rings. The summed E-state index contributed by atoms with van der Waals surface area (Å²) in [6.07, 6.45) is 0.680. The first-order chi connectivity index (χ1) is 13.8. The maximum atomic E-state index is 13.5. The Kier molecular flexibility index (Phi) is 4.87. The Morgan fingerprint density at radius 1 is 1.14 bits per heavy atom. The number of halogens is 1. The molecule has 2 aromatic rings. The lowest BCUT2D eigenvalue weighted by Gasteiger charge is -2.36. The first-order valence-electron chi connectivity index (χ1n) is 9.16. The van der Waals surface area contributed by atoms with Gasteiger partial charge in [-0.15, -0.1) is 0 Å². The molecule has 2 heterocycles. The smallest absolute Gasteiger partial charge is 0.272 e. The lowest BCUT2D eigenvalue weighted by Crippen LogP contribution is -2.52. The van der Waals surface area contributed by atoms with E-state index in [4.69, 9.17) is 4.74 Å². The Balaban J connectivity index is 1.52. The summed E-state index contributed by atoms with van der Waals surface area (Å²) in [6.45, 7) is 0.434. The molecule has 1 fully saturated rings. The van der Waals surface area contributed by atoms with Crippen LogP contribution in [0.4, 0.5) is 4.39 Å². The monoisotopic (exact) mass is 417 g/mol. The van der Waals surface area contributed by atoms with Crippen LogP contribution in [0.25, 0.3) is 0 Å². The Hall–Kier alpha value is -2.78. The molecule has 1 spiro atoms. The second-order valence-electron chi connectivity index (χ2n) is 7.04. The van der Waals surface area contributed by atoms with E-state index < -0.39 is 21.5 Å². The maximum Gasteiger partial charge on any atom is 0.272 e. The van der Waals surface area contributed by atoms with Gasteiger partial charge in [-0.25, -0.2) is 12.8 Å². The number of amides is 1. The van der Waals surface area contributed by atoms with Crippen molar-refractivity contribution in [2.45, 2.75) is 23.4 Å². The molecule has 0 aromatic heterocycles. The number of rotatable bonds is 4. The fourth-order valence-corrected chi connectivity index (χ4v) is 5.07. The van der Waals surface area contributed by atoms with Gasteiger partial charge in [-0.05, 0) is 36.4 Å². The fourth-order valence-electron chi connectivity index (χ4n) is 3.62. The summed E-state index contributed by atoms with van der Waals surface area (Å²) in [4.78, 5) is 17.1. The van der Waals surface area contributed by atoms with Crippen molar-refractivity contribution in [3.8, 4) is 5.75 Å². The van der Waals surface area contributed by atoms with Crippen LogP contribution in [0.15, 0.2) is 58.4 Å². The van der Waals surface area contributed by atoms with Gasteiger partial charge >= 0.3 is 0 Å². The molecule has 9 heteroatoms. The van der Waals surface area contributed by atoms with Crippen molar-refractivity contribution in [1.29, 1.82) is 0 Å². The van der Waals surface area contributed by atoms with Gasteiger partial charge in [0, 0.05) is 31.5 Å². The van der Waals surface area contributed by atoms with Gasteiger partial charge in [0.25, 0.3) is 5.91 Å². The van der Waals surface area contributed by atoms with Crippen LogP contribution in [-0.2, 0) is 14.8 Å². The summed E-state index contributed by atoms with van der Waals surface area (Å²) >= 11 is 0. The fraction of sp³-hybridized carbons (Fsp3) is 0.300. The van der Waals surface area contributed by atoms with Crippen molar-refractivity contribution in [3.05, 3.63) is 59.9 Å². The number of hydrogen-bond acceptors (Lipinski definition) is 5. The van der Waals surface area contributed by atoms with Crippen LogP contribution in [-0.4, -0.2) is 50.2 Å². The summed E-state index contributed by atoms with van der Waals surface area (Å²) in [5.41, 5.74) is -0.270. The number of sulfonamides is 1. The molecule has 1 amide bonds. The van der Waals surface area contributed by atoms with Gasteiger partial charge in [0.15, 0.2) is 0 Å². The zero-order valence-electron chi connectivity index (χ0n) is 15.8. The van der Waals surface area contributed by atoms with Gasteiger partial charge < -0.3 is 10.1 Å². The second-order valence-corrected chi connectivity index (χ2v) is 8.97. The highest BCUT2D eigenvalue weighted by Gasteiger charge is 2.44. The summed E-state index contributed by atoms with van der Waals surface area (Å²) < 4.78 is 45.8. The molecule has 4 rings (SSSR count). The molecule has 0 radical (unpaired) electrons. The number of methoxy groups -OCH3 is 1. The quantitative estimate of drug-likeness (QED) is 0.824. The average molecular weight is 417 g/mol. The Labute approximate surface area is 168 Å². The SMILES string of the molecule is COc1ccc(S(=O)(=O)N2CCC3(CC2)N=C(c2cccc(F)c2)C(=O)N3)cc1. The molecule has 152 valence electrons. The highest BCUT2D eigenvalue weighted by Crippen LogP contribution is 2.31. The molecule has 7 nitrogen and oxygen atoms in total. The molecule has 0 aliphatic carbocycles. The third-order valence-electron chi connectivity index (χ3n) is 5.23. The number of piperidine rings is 1. The van der Waals surface area contributed by atoms with E-state index in [1.807, 2.05) is 0 Å². The standard InChI is InChI=1S/C20H20FN3O4S/c1-28-16-5-7-17(8-6-16)29(26,27)24-11-9-20(10-12-24)22-18(19(25)23-20)14-3-2-4-15(21)13-14/h2-8,13H,9-12H2,1H3,(H,23,25). The Morgan fingerprint density at radius 3 is 2.45 bits per heavy atom. The van der Waals surface area contributed by atoms with Crippen molar-refractivity contribution >= 4 is 21.6 Å². The molecular formula is C20H20FN3O4S. The second kappa shape index (κ2) is 7.23. The summed E-state index contributed by atoms with van der Waals surface area (Å²) in [5, 5.41) is 2.86. The molecule has 1 saturated heterocycles. The number of carbonyl (C=O) groups excluding carboxylic acids is 1. The minimum atomic E-state index is -3.65. The third kappa shape index (κ3) is 3.63. The molecule has 0 unspecified atom stereocenters. The molecule has 0 bridgehead atoms. The summed E-state index contributed by atoms with van der Waals surface area (Å²) in [6, 6.07) is 11.9. The highest BCUT2D eigenvalue weighted by atomic mass is 32.2. The van der Waals surface area contributed by atoms with E-state index in [1.165, 1.54) is 41.7 Å². The molecular weight excluding hydrogens is 397 g/mol. The lowest BCUT2D eigenvalue weighted by atomic mass is 10.00. The number of hydrogen-bond donors (Lipinski definition) is 1. The van der Waals surface area contributed by atoms with Crippen LogP contribution in [0.1, 0.15) is 18.4 Å². The third-order valence-corrected chi connectivity index (χ3v) is 7.14. The van der Waals surface area contributed by atoms with Crippen LogP contribution in [0.3, 0.4) is 0 Å². The zero-order chi connectivity index (χ0) is 20.6. The van der Waals surface area contributed by atoms with Crippen molar-refractivity contribution in [3.63, 3.8) is 0 Å². The van der Waals surface area contributed by atoms with Crippen LogP contribution in [0.5, 0.6) is 5.75 Å². The van der Waals surface area contributed by atoms with Gasteiger partial charge in [-0.1, -0.05) is 12.1 Å². The Bertz CT molecular complexity index is 1080. The van der Waals surface area contributed by atoms with Gasteiger partial charge in [0.05, 0.1) is 12.0 Å². The van der Waals surface area contributed by atoms with E-state index in [0.717, 1.165) is 0 Å². The summed E-state index contributed by atoms with van der Waals surface area (Å²) in [7, 11) is -2.14. The molecule has 2 aromatic carbocycles. The maximum absolute atomic E-state index is 13.5. The number of benzene rings is 2. The van der Waals surface area contributed by atoms with Crippen LogP contribution in [0.2, 0.25) is 0 Å². The van der Waals surface area contributed by atoms with Crippen LogP contribution >= 0.6 is 0 Å². The predicted octanol–water partition coefficient (Wildman–Crippen LogP) is 1.93. The molecule has 29 heavy (non-hydrogen) atoms. The van der Waals surface area contributed by atoms with Gasteiger partial charge in [-0.3, -0.25) is 9.79 Å². The minimum absolute atomic E-state index is 0.177. The van der Waals surface area contributed by atoms with Gasteiger partial charge in [0.1, 0.15) is 22.9 Å². The average Bonchev–Trinajstić information content (AvgIpc) is 3.04. The normalized spacial score (nSPS) is 19.1. The van der Waals surface area contributed by atoms with Gasteiger partial charge in [-0.2, -0.15) is 4.31 Å². The largest absolute Gasteiger partial charge is 0.497 e. The van der Waals surface area contributed by atoms with Gasteiger partial charge in [0.2, 0.25) is 10.0 Å². The van der Waals surface area contributed by atoms with Crippen molar-refractivity contribution in [2.24, 2.45) is 4.99 Å². The lowest BCUT2D eigenvalue weighted by molar-refractivity contribution is -0.115. The van der Waals surface area contributed by atoms with Crippen LogP contribution in [0, 0.1) is 5.82 Å². The topological polar surface area (TPSA) is 88.1 Å². The number of nitrogens with one attached hydrogen (secondary N) is 1. The number of nitrogens with zero attached hydrogens (tertiary/aromatic N) is 2. The number of carbonyl (C=O) groups is 1. The summed E-state index contributed by atoms with van der Waals surface area (Å²) in [5.74, 6) is -0.240. The predicted molar refractivity (Wildman–Crippen MR) is 105 cm³/mol. The molecule has 1 N–H and O–H groups in total. The van der Waals surface area contributed by atoms with E-state index in [2.05, 4.69) is 10.3 Å². The van der Waals surface area contributed by atoms with E-state index in [0.29, 0.717) is 24.2 Å². The first-order valence-corrected chi connectivity index (χ1v) is 10.6. The van der Waals surface area contributed by atoms with Crippen molar-refractivity contribution in [1.82, 2.24) is 9.62 Å². The van der Waals surface area contributed by atoms with Crippen LogP contribution < -0.4 is 10.1 Å².